The van der Waals surface area contributed by atoms with Crippen LogP contribution in [0.2, 0.25) is 0 Å². The summed E-state index contributed by atoms with van der Waals surface area (Å²) in [4.78, 5) is 55.6. The van der Waals surface area contributed by atoms with Crippen molar-refractivity contribution in [2.45, 2.75) is 13.8 Å². The maximum Gasteiger partial charge on any atom is 0.338 e. The SMILES string of the molecule is Cc1ccccc1N1C(=O)c2ccc(C(=O)OCC(=O)c3c(C)[nH]c4ccccc34)cc2C1=O. The third-order valence-electron chi connectivity index (χ3n) is 5.99. The number of ketones is 1. The summed E-state index contributed by atoms with van der Waals surface area (Å²) >= 11 is 0. The van der Waals surface area contributed by atoms with Crippen molar-refractivity contribution < 1.29 is 23.9 Å². The number of nitrogens with zero attached hydrogens (tertiary/aromatic N) is 1. The van der Waals surface area contributed by atoms with Crippen LogP contribution in [0.5, 0.6) is 0 Å². The topological polar surface area (TPSA) is 96.5 Å². The quantitative estimate of drug-likeness (QED) is 0.271. The first kappa shape index (κ1) is 21.3. The Morgan fingerprint density at radius 1 is 0.882 bits per heavy atom. The molecule has 4 aromatic rings. The lowest BCUT2D eigenvalue weighted by Crippen LogP contribution is -2.29. The largest absolute Gasteiger partial charge is 0.454 e. The first-order valence-corrected chi connectivity index (χ1v) is 10.7. The van der Waals surface area contributed by atoms with Gasteiger partial charge in [-0.1, -0.05) is 36.4 Å². The molecule has 2 heterocycles. The van der Waals surface area contributed by atoms with E-state index in [9.17, 15) is 19.2 Å². The fourth-order valence-corrected chi connectivity index (χ4v) is 4.32. The fraction of sp³-hybridized carbons (Fsp3) is 0.111. The highest BCUT2D eigenvalue weighted by Crippen LogP contribution is 2.31. The molecule has 1 aliphatic rings. The van der Waals surface area contributed by atoms with Gasteiger partial charge in [-0.2, -0.15) is 0 Å². The molecule has 1 N–H and O–H groups in total. The lowest BCUT2D eigenvalue weighted by molar-refractivity contribution is 0.0475. The van der Waals surface area contributed by atoms with Gasteiger partial charge < -0.3 is 9.72 Å². The van der Waals surface area contributed by atoms with Gasteiger partial charge in [0.25, 0.3) is 11.8 Å². The lowest BCUT2D eigenvalue weighted by atomic mass is 10.1. The predicted octanol–water partition coefficient (Wildman–Crippen LogP) is 4.63. The number of benzene rings is 3. The summed E-state index contributed by atoms with van der Waals surface area (Å²) in [5.41, 5.74) is 3.72. The predicted molar refractivity (Wildman–Crippen MR) is 126 cm³/mol. The molecule has 0 atom stereocenters. The van der Waals surface area contributed by atoms with Gasteiger partial charge in [0, 0.05) is 22.2 Å². The van der Waals surface area contributed by atoms with Gasteiger partial charge in [-0.25, -0.2) is 9.69 Å². The van der Waals surface area contributed by atoms with E-state index in [1.54, 1.807) is 19.1 Å². The Bertz CT molecular complexity index is 1510. The second kappa shape index (κ2) is 8.12. The molecule has 0 bridgehead atoms. The molecule has 7 nitrogen and oxygen atoms in total. The minimum atomic E-state index is -0.747. The zero-order valence-corrected chi connectivity index (χ0v) is 18.5. The van der Waals surface area contributed by atoms with Crippen LogP contribution < -0.4 is 4.90 Å². The Morgan fingerprint density at radius 3 is 2.38 bits per heavy atom. The second-order valence-electron chi connectivity index (χ2n) is 8.16. The number of aromatic amines is 1. The van der Waals surface area contributed by atoms with Crippen molar-refractivity contribution in [1.29, 1.82) is 0 Å². The minimum Gasteiger partial charge on any atom is -0.454 e. The Balaban J connectivity index is 1.35. The average Bonchev–Trinajstić information content (AvgIpc) is 3.30. The molecular formula is C27H20N2O5. The lowest BCUT2D eigenvalue weighted by Gasteiger charge is -2.16. The number of hydrogen-bond acceptors (Lipinski definition) is 5. The highest BCUT2D eigenvalue weighted by Gasteiger charge is 2.37. The summed E-state index contributed by atoms with van der Waals surface area (Å²) in [6.45, 7) is 3.16. The van der Waals surface area contributed by atoms with E-state index in [0.29, 0.717) is 16.9 Å². The van der Waals surface area contributed by atoms with Gasteiger partial charge in [-0.05, 0) is 49.7 Å². The molecule has 3 aromatic carbocycles. The van der Waals surface area contributed by atoms with Crippen molar-refractivity contribution in [2.24, 2.45) is 0 Å². The number of aryl methyl sites for hydroxylation is 2. The normalized spacial score (nSPS) is 12.8. The molecule has 0 saturated carbocycles. The number of ether oxygens (including phenoxy) is 1. The highest BCUT2D eigenvalue weighted by atomic mass is 16.5. The molecule has 34 heavy (non-hydrogen) atoms. The van der Waals surface area contributed by atoms with Gasteiger partial charge in [-0.3, -0.25) is 14.4 Å². The van der Waals surface area contributed by atoms with E-state index in [-0.39, 0.29) is 22.5 Å². The standard InChI is InChI=1S/C27H20N2O5/c1-15-7-3-6-10-22(15)29-25(31)18-12-11-17(13-20(18)26(29)32)27(33)34-14-23(30)24-16(2)28-21-9-5-4-8-19(21)24/h3-13,28H,14H2,1-2H3. The van der Waals surface area contributed by atoms with Crippen molar-refractivity contribution in [1.82, 2.24) is 4.98 Å². The molecule has 1 aromatic heterocycles. The summed E-state index contributed by atoms with van der Waals surface area (Å²) in [6.07, 6.45) is 0. The van der Waals surface area contributed by atoms with Crippen LogP contribution in [0, 0.1) is 13.8 Å². The number of para-hydroxylation sites is 2. The molecule has 0 aliphatic carbocycles. The number of hydrogen-bond donors (Lipinski definition) is 1. The highest BCUT2D eigenvalue weighted by molar-refractivity contribution is 6.35. The van der Waals surface area contributed by atoms with E-state index in [1.807, 2.05) is 43.3 Å². The number of nitrogens with one attached hydrogen (secondary N) is 1. The van der Waals surface area contributed by atoms with Crippen molar-refractivity contribution in [3.63, 3.8) is 0 Å². The van der Waals surface area contributed by atoms with Crippen molar-refractivity contribution in [3.8, 4) is 0 Å². The molecule has 7 heteroatoms. The van der Waals surface area contributed by atoms with Crippen molar-refractivity contribution in [3.05, 3.63) is 100 Å². The Kier molecular flexibility index (Phi) is 5.09. The third-order valence-corrected chi connectivity index (χ3v) is 5.99. The number of aromatic nitrogens is 1. The van der Waals surface area contributed by atoms with Crippen LogP contribution >= 0.6 is 0 Å². The van der Waals surface area contributed by atoms with Gasteiger partial charge >= 0.3 is 5.97 Å². The summed E-state index contributed by atoms with van der Waals surface area (Å²) < 4.78 is 5.26. The molecule has 0 radical (unpaired) electrons. The number of amides is 2. The molecular weight excluding hydrogens is 432 g/mol. The monoisotopic (exact) mass is 452 g/mol. The zero-order chi connectivity index (χ0) is 24.0. The smallest absolute Gasteiger partial charge is 0.338 e. The number of anilines is 1. The van der Waals surface area contributed by atoms with E-state index in [1.165, 1.54) is 18.2 Å². The zero-order valence-electron chi connectivity index (χ0n) is 18.5. The van der Waals surface area contributed by atoms with Crippen LogP contribution in [-0.2, 0) is 4.74 Å². The summed E-state index contributed by atoms with van der Waals surface area (Å²) in [5, 5.41) is 0.763. The van der Waals surface area contributed by atoms with Crippen LogP contribution in [-0.4, -0.2) is 35.2 Å². The van der Waals surface area contributed by atoms with Gasteiger partial charge in [0.1, 0.15) is 0 Å². The van der Waals surface area contributed by atoms with Gasteiger partial charge in [0.05, 0.1) is 22.4 Å². The van der Waals surface area contributed by atoms with Gasteiger partial charge in [-0.15, -0.1) is 0 Å². The molecule has 168 valence electrons. The second-order valence-corrected chi connectivity index (χ2v) is 8.16. The number of H-pyrrole nitrogens is 1. The number of Topliss-reactive ketones (excluding diaryl/α,β-unsaturated/α-hetero) is 1. The molecule has 0 saturated heterocycles. The van der Waals surface area contributed by atoms with Crippen LogP contribution in [0.4, 0.5) is 5.69 Å². The maximum atomic E-state index is 13.0. The number of imide groups is 1. The summed E-state index contributed by atoms with van der Waals surface area (Å²) in [7, 11) is 0. The molecule has 0 fully saturated rings. The van der Waals surface area contributed by atoms with Crippen LogP contribution in [0.15, 0.2) is 66.7 Å². The van der Waals surface area contributed by atoms with Crippen LogP contribution in [0.1, 0.15) is 52.7 Å². The van der Waals surface area contributed by atoms with E-state index >= 15 is 0 Å². The molecule has 2 amide bonds. The number of fused-ring (bicyclic) bond motifs is 2. The minimum absolute atomic E-state index is 0.0926. The van der Waals surface area contributed by atoms with Crippen molar-refractivity contribution in [2.75, 3.05) is 11.5 Å². The summed E-state index contributed by atoms with van der Waals surface area (Å²) in [5.74, 6) is -2.03. The number of esters is 1. The van der Waals surface area contributed by atoms with E-state index in [4.69, 9.17) is 4.74 Å². The van der Waals surface area contributed by atoms with Crippen molar-refractivity contribution >= 4 is 40.2 Å². The number of rotatable bonds is 5. The van der Waals surface area contributed by atoms with E-state index in [2.05, 4.69) is 4.98 Å². The molecule has 0 unspecified atom stereocenters. The summed E-state index contributed by atoms with van der Waals surface area (Å²) in [6, 6.07) is 18.7. The van der Waals surface area contributed by atoms with E-state index in [0.717, 1.165) is 21.4 Å². The Morgan fingerprint density at radius 2 is 1.59 bits per heavy atom. The van der Waals surface area contributed by atoms with Crippen LogP contribution in [0.3, 0.4) is 0 Å². The Labute approximate surface area is 195 Å². The molecule has 0 spiro atoms. The first-order valence-electron chi connectivity index (χ1n) is 10.7. The van der Waals surface area contributed by atoms with Gasteiger partial charge in [0.15, 0.2) is 6.61 Å². The first-order chi connectivity index (χ1) is 16.4. The average molecular weight is 452 g/mol. The fourth-order valence-electron chi connectivity index (χ4n) is 4.32. The Hall–Kier alpha value is -4.52. The van der Waals surface area contributed by atoms with E-state index < -0.39 is 24.4 Å². The maximum absolute atomic E-state index is 13.0. The third kappa shape index (κ3) is 3.38. The molecule has 5 rings (SSSR count). The van der Waals surface area contributed by atoms with Crippen LogP contribution in [0.25, 0.3) is 10.9 Å². The number of carbonyl (C=O) groups is 4. The molecule has 1 aliphatic heterocycles. The van der Waals surface area contributed by atoms with Gasteiger partial charge in [0.2, 0.25) is 5.78 Å². The number of carbonyl (C=O) groups excluding carboxylic acids is 4.